The molecule has 0 bridgehead atoms. The van der Waals surface area contributed by atoms with Gasteiger partial charge in [0.15, 0.2) is 0 Å². The number of halogens is 1. The molecule has 5 N–H and O–H groups in total. The average Bonchev–Trinajstić information content (AvgIpc) is 3.75. The molecule has 1 aromatic heterocycles. The maximum absolute atomic E-state index is 15.9. The number of benzene rings is 3. The second-order valence-corrected chi connectivity index (χ2v) is 15.6. The van der Waals surface area contributed by atoms with Crippen LogP contribution in [0.4, 0.5) is 19.7 Å². The van der Waals surface area contributed by atoms with E-state index in [1.807, 2.05) is 0 Å². The van der Waals surface area contributed by atoms with Gasteiger partial charge in [-0.15, -0.1) is 10.2 Å². The van der Waals surface area contributed by atoms with Gasteiger partial charge in [-0.05, 0) is 99.0 Å². The van der Waals surface area contributed by atoms with E-state index in [1.165, 1.54) is 15.9 Å². The number of nitrogens with zero attached hydrogens (tertiary/aromatic N) is 5. The van der Waals surface area contributed by atoms with Crippen molar-refractivity contribution in [2.24, 2.45) is 11.8 Å². The number of hydrogen-bond acceptors (Lipinski definition) is 9. The molecule has 306 valence electrons. The number of ether oxygens (including phenoxy) is 1. The van der Waals surface area contributed by atoms with Crippen LogP contribution in [-0.2, 0) is 20.7 Å². The third-order valence-corrected chi connectivity index (χ3v) is 10.3. The van der Waals surface area contributed by atoms with Gasteiger partial charge in [-0.25, -0.2) is 14.0 Å². The van der Waals surface area contributed by atoms with Gasteiger partial charge >= 0.3 is 12.2 Å². The third-order valence-electron chi connectivity index (χ3n) is 10.3. The maximum Gasteiger partial charge on any atom is 0.407 e. The van der Waals surface area contributed by atoms with Crippen LogP contribution in [0.3, 0.4) is 0 Å². The third kappa shape index (κ3) is 10.7. The van der Waals surface area contributed by atoms with Gasteiger partial charge < -0.3 is 35.6 Å². The summed E-state index contributed by atoms with van der Waals surface area (Å²) in [5.74, 6) is -1.59. The van der Waals surface area contributed by atoms with E-state index in [4.69, 9.17) is 4.74 Å². The van der Waals surface area contributed by atoms with E-state index in [2.05, 4.69) is 36.6 Å². The second kappa shape index (κ2) is 18.3. The largest absolute Gasteiger partial charge is 0.465 e. The molecule has 2 heterocycles. The first-order chi connectivity index (χ1) is 27.7. The number of aromatic nitrogens is 4. The van der Waals surface area contributed by atoms with Gasteiger partial charge in [-0.1, -0.05) is 36.4 Å². The van der Waals surface area contributed by atoms with Gasteiger partial charge in [0.25, 0.3) is 5.91 Å². The highest BCUT2D eigenvalue weighted by Crippen LogP contribution is 2.30. The van der Waals surface area contributed by atoms with Crippen LogP contribution in [-0.4, -0.2) is 110 Å². The lowest BCUT2D eigenvalue weighted by molar-refractivity contribution is -0.130. The Kier molecular flexibility index (Phi) is 13.0. The monoisotopic (exact) mass is 797 g/mol. The molecule has 2 fully saturated rings. The van der Waals surface area contributed by atoms with E-state index in [1.54, 1.807) is 81.4 Å². The van der Waals surface area contributed by atoms with E-state index in [9.17, 15) is 29.1 Å². The van der Waals surface area contributed by atoms with E-state index >= 15 is 4.39 Å². The number of tetrazole rings is 1. The summed E-state index contributed by atoms with van der Waals surface area (Å²) < 4.78 is 21.2. The number of rotatable bonds is 11. The lowest BCUT2D eigenvalue weighted by Crippen LogP contribution is -2.50. The molecule has 17 heteroatoms. The number of anilines is 1. The Morgan fingerprint density at radius 1 is 0.897 bits per heavy atom. The van der Waals surface area contributed by atoms with Crippen LogP contribution in [0.5, 0.6) is 0 Å². The minimum absolute atomic E-state index is 0.108. The topological polar surface area (TPSA) is 212 Å². The molecule has 1 saturated carbocycles. The van der Waals surface area contributed by atoms with Crippen molar-refractivity contribution in [1.29, 1.82) is 0 Å². The molecule has 1 atom stereocenters. The molecule has 16 nitrogen and oxygen atoms in total. The highest BCUT2D eigenvalue weighted by Gasteiger charge is 2.31. The maximum atomic E-state index is 15.9. The molecule has 2 aliphatic rings. The van der Waals surface area contributed by atoms with Crippen molar-refractivity contribution >= 4 is 35.6 Å². The number of piperazine rings is 1. The van der Waals surface area contributed by atoms with Crippen LogP contribution in [0.15, 0.2) is 66.7 Å². The Morgan fingerprint density at radius 2 is 1.55 bits per heavy atom. The summed E-state index contributed by atoms with van der Waals surface area (Å²) in [6, 6.07) is 17.4. The number of H-pyrrole nitrogens is 1. The molecular weight excluding hydrogens is 750 g/mol. The quantitative estimate of drug-likeness (QED) is 0.135. The zero-order valence-electron chi connectivity index (χ0n) is 32.7. The van der Waals surface area contributed by atoms with Crippen molar-refractivity contribution in [3.63, 3.8) is 0 Å². The Bertz CT molecular complexity index is 2070. The Balaban J connectivity index is 1.12. The molecule has 58 heavy (non-hydrogen) atoms. The van der Waals surface area contributed by atoms with Gasteiger partial charge in [-0.3, -0.25) is 14.4 Å². The van der Waals surface area contributed by atoms with E-state index in [-0.39, 0.29) is 61.5 Å². The van der Waals surface area contributed by atoms with Crippen molar-refractivity contribution in [1.82, 2.24) is 41.1 Å². The Hall–Kier alpha value is -6.39. The molecule has 1 saturated heterocycles. The number of hydrogen-bond donors (Lipinski definition) is 5. The number of carboxylic acid groups (broad SMARTS) is 1. The standard InChI is InChI=1S/C41H48FN9O7/c1-41(2,3)58-39(55)43-24-26-9-13-29(14-10-26)36(52)45-33(37(53)44-30-17-15-28(16-18-30)35-46-48-49-47-35)23-25-7-11-27(12-8-25)31-5-4-6-32(34(31)42)38(54)50-19-21-51(22-20-50)40(56)57/h4-8,11-12,15-18,26,29,33H,9-10,13-14,19-24H2,1-3H3,(H,43,55)(H,44,53)(H,45,52)(H,56,57)(H,46,47,48,49)/t26-,29-,33-/m0/s1. The number of alkyl carbamates (subject to hydrolysis) is 1. The van der Waals surface area contributed by atoms with Crippen molar-refractivity contribution in [2.45, 2.75) is 64.5 Å². The number of carbonyl (C=O) groups excluding carboxylic acids is 4. The van der Waals surface area contributed by atoms with Gasteiger partial charge in [0.2, 0.25) is 17.6 Å². The van der Waals surface area contributed by atoms with E-state index in [0.29, 0.717) is 47.6 Å². The Morgan fingerprint density at radius 3 is 2.17 bits per heavy atom. The molecule has 1 aliphatic carbocycles. The van der Waals surface area contributed by atoms with E-state index in [0.717, 1.165) is 12.8 Å². The predicted octanol–water partition coefficient (Wildman–Crippen LogP) is 5.11. The summed E-state index contributed by atoms with van der Waals surface area (Å²) in [7, 11) is 0. The molecule has 0 unspecified atom stereocenters. The minimum Gasteiger partial charge on any atom is -0.465 e. The molecule has 1 aliphatic heterocycles. The summed E-state index contributed by atoms with van der Waals surface area (Å²) in [6.45, 7) is 6.47. The minimum atomic E-state index is -1.06. The lowest BCUT2D eigenvalue weighted by Gasteiger charge is -2.33. The molecular formula is C41H48FN9O7. The van der Waals surface area contributed by atoms with Crippen LogP contribution < -0.4 is 16.0 Å². The fourth-order valence-corrected chi connectivity index (χ4v) is 7.13. The van der Waals surface area contributed by atoms with Gasteiger partial charge in [0.1, 0.15) is 17.5 Å². The molecule has 3 aromatic carbocycles. The van der Waals surface area contributed by atoms with Crippen molar-refractivity contribution in [3.8, 4) is 22.5 Å². The predicted molar refractivity (Wildman–Crippen MR) is 211 cm³/mol. The molecule has 4 aromatic rings. The first kappa shape index (κ1) is 41.2. The highest BCUT2D eigenvalue weighted by atomic mass is 19.1. The summed E-state index contributed by atoms with van der Waals surface area (Å²) in [5.41, 5.74) is 1.92. The first-order valence-corrected chi connectivity index (χ1v) is 19.3. The van der Waals surface area contributed by atoms with E-state index < -0.39 is 41.5 Å². The number of aromatic amines is 1. The van der Waals surface area contributed by atoms with Crippen LogP contribution in [0, 0.1) is 17.7 Å². The summed E-state index contributed by atoms with van der Waals surface area (Å²) in [5, 5.41) is 31.9. The van der Waals surface area contributed by atoms with Crippen molar-refractivity contribution < 1.29 is 38.2 Å². The summed E-state index contributed by atoms with van der Waals surface area (Å²) >= 11 is 0. The fourth-order valence-electron chi connectivity index (χ4n) is 7.13. The smallest absolute Gasteiger partial charge is 0.407 e. The highest BCUT2D eigenvalue weighted by molar-refractivity contribution is 5.98. The fraction of sp³-hybridized carbons (Fsp3) is 0.415. The zero-order valence-corrected chi connectivity index (χ0v) is 32.7. The van der Waals surface area contributed by atoms with Crippen LogP contribution in [0.2, 0.25) is 0 Å². The normalized spacial score (nSPS) is 17.5. The molecule has 0 radical (unpaired) electrons. The summed E-state index contributed by atoms with van der Waals surface area (Å²) in [6.07, 6.45) is 1.25. The van der Waals surface area contributed by atoms with Crippen LogP contribution in [0.25, 0.3) is 22.5 Å². The SMILES string of the molecule is CC(C)(C)OC(=O)NC[C@H]1CC[C@H](C(=O)N[C@@H](Cc2ccc(-c3cccc(C(=O)N4CCN(C(=O)O)CC4)c3F)cc2)C(=O)Nc2ccc(-c3nn[nH]n3)cc2)CC1. The van der Waals surface area contributed by atoms with Crippen LogP contribution in [0.1, 0.15) is 62.4 Å². The zero-order chi connectivity index (χ0) is 41.4. The average molecular weight is 798 g/mol. The summed E-state index contributed by atoms with van der Waals surface area (Å²) in [4.78, 5) is 66.9. The van der Waals surface area contributed by atoms with Crippen LogP contribution >= 0.6 is 0 Å². The van der Waals surface area contributed by atoms with Gasteiger partial charge in [-0.2, -0.15) is 5.21 Å². The van der Waals surface area contributed by atoms with Gasteiger partial charge in [0, 0.05) is 61.9 Å². The Labute approximate surface area is 334 Å². The molecule has 5 amide bonds. The second-order valence-electron chi connectivity index (χ2n) is 15.6. The molecule has 6 rings (SSSR count). The van der Waals surface area contributed by atoms with Crippen molar-refractivity contribution in [2.75, 3.05) is 38.0 Å². The van der Waals surface area contributed by atoms with Gasteiger partial charge in [0.05, 0.1) is 5.56 Å². The molecule has 0 spiro atoms. The number of amides is 5. The number of nitrogens with one attached hydrogen (secondary N) is 4. The number of carbonyl (C=O) groups is 5. The van der Waals surface area contributed by atoms with Crippen molar-refractivity contribution in [3.05, 3.63) is 83.7 Å². The first-order valence-electron chi connectivity index (χ1n) is 19.3. The lowest BCUT2D eigenvalue weighted by atomic mass is 9.81.